The van der Waals surface area contributed by atoms with Gasteiger partial charge in [-0.3, -0.25) is 4.79 Å². The normalized spacial score (nSPS) is 25.4. The Kier molecular flexibility index (Phi) is 3.29. The van der Waals surface area contributed by atoms with Crippen LogP contribution < -0.4 is 10.6 Å². The van der Waals surface area contributed by atoms with Crippen molar-refractivity contribution in [1.29, 1.82) is 0 Å². The van der Waals surface area contributed by atoms with Gasteiger partial charge < -0.3 is 15.1 Å². The molecule has 1 fully saturated rings. The van der Waals surface area contributed by atoms with E-state index in [0.717, 1.165) is 19.5 Å². The van der Waals surface area contributed by atoms with Gasteiger partial charge in [0.2, 0.25) is 0 Å². The maximum absolute atomic E-state index is 11.9. The number of carbonyl (C=O) groups is 1. The van der Waals surface area contributed by atoms with Gasteiger partial charge in [-0.2, -0.15) is 0 Å². The molecule has 1 aliphatic heterocycles. The second kappa shape index (κ2) is 4.70. The Bertz CT molecular complexity index is 373. The monoisotopic (exact) mass is 222 g/mol. The third-order valence-electron chi connectivity index (χ3n) is 3.25. The lowest BCUT2D eigenvalue weighted by molar-refractivity contribution is 0.0913. The zero-order valence-electron chi connectivity index (χ0n) is 9.75. The van der Waals surface area contributed by atoms with E-state index in [1.165, 1.54) is 0 Å². The molecule has 2 rings (SSSR count). The molecule has 0 aliphatic carbocycles. The summed E-state index contributed by atoms with van der Waals surface area (Å²) in [5.41, 5.74) is 0.637. The number of nitrogens with one attached hydrogen (secondary N) is 2. The molecule has 1 aliphatic rings. The summed E-state index contributed by atoms with van der Waals surface area (Å²) in [7, 11) is 0. The van der Waals surface area contributed by atoms with E-state index < -0.39 is 0 Å². The van der Waals surface area contributed by atoms with E-state index in [0.29, 0.717) is 17.2 Å². The number of piperidine rings is 1. The van der Waals surface area contributed by atoms with Crippen molar-refractivity contribution >= 4 is 5.91 Å². The lowest BCUT2D eigenvalue weighted by Crippen LogP contribution is -2.50. The van der Waals surface area contributed by atoms with Crippen molar-refractivity contribution in [3.05, 3.63) is 23.7 Å². The summed E-state index contributed by atoms with van der Waals surface area (Å²) in [6.07, 6.45) is 2.65. The first kappa shape index (κ1) is 11.2. The summed E-state index contributed by atoms with van der Waals surface area (Å²) in [5, 5.41) is 6.34. The van der Waals surface area contributed by atoms with E-state index in [4.69, 9.17) is 4.42 Å². The quantitative estimate of drug-likeness (QED) is 0.793. The highest BCUT2D eigenvalue weighted by Crippen LogP contribution is 2.13. The van der Waals surface area contributed by atoms with Gasteiger partial charge in [0.15, 0.2) is 0 Å². The lowest BCUT2D eigenvalue weighted by atomic mass is 9.94. The van der Waals surface area contributed by atoms with Crippen LogP contribution >= 0.6 is 0 Å². The Morgan fingerprint density at radius 1 is 1.62 bits per heavy atom. The van der Waals surface area contributed by atoms with Crippen LogP contribution in [0, 0.1) is 12.8 Å². The SMILES string of the molecule is Cc1occc1C(=O)NC1CNCCC1C. The number of aryl methyl sites for hydroxylation is 1. The number of carbonyl (C=O) groups excluding carboxylic acids is 1. The van der Waals surface area contributed by atoms with Crippen LogP contribution in [0.1, 0.15) is 29.5 Å². The molecule has 0 bridgehead atoms. The topological polar surface area (TPSA) is 54.3 Å². The molecule has 0 aromatic carbocycles. The molecular formula is C12H18N2O2. The predicted molar refractivity (Wildman–Crippen MR) is 61.3 cm³/mol. The van der Waals surface area contributed by atoms with Crippen LogP contribution in [-0.4, -0.2) is 25.0 Å². The largest absolute Gasteiger partial charge is 0.469 e. The van der Waals surface area contributed by atoms with Crippen molar-refractivity contribution in [2.24, 2.45) is 5.92 Å². The molecule has 0 spiro atoms. The molecule has 16 heavy (non-hydrogen) atoms. The molecule has 1 saturated heterocycles. The molecule has 1 aromatic heterocycles. The van der Waals surface area contributed by atoms with Crippen molar-refractivity contribution in [2.75, 3.05) is 13.1 Å². The van der Waals surface area contributed by atoms with E-state index >= 15 is 0 Å². The molecule has 2 unspecified atom stereocenters. The molecule has 88 valence electrons. The van der Waals surface area contributed by atoms with Crippen LogP contribution in [0.2, 0.25) is 0 Å². The molecule has 4 heteroatoms. The van der Waals surface area contributed by atoms with Gasteiger partial charge in [0, 0.05) is 12.6 Å². The highest BCUT2D eigenvalue weighted by atomic mass is 16.3. The highest BCUT2D eigenvalue weighted by Gasteiger charge is 2.23. The van der Waals surface area contributed by atoms with Crippen LogP contribution in [-0.2, 0) is 0 Å². The van der Waals surface area contributed by atoms with Gasteiger partial charge in [-0.05, 0) is 31.9 Å². The molecule has 2 heterocycles. The second-order valence-corrected chi connectivity index (χ2v) is 4.44. The fourth-order valence-electron chi connectivity index (χ4n) is 2.05. The molecule has 2 N–H and O–H groups in total. The Hall–Kier alpha value is -1.29. The first-order valence-corrected chi connectivity index (χ1v) is 5.74. The van der Waals surface area contributed by atoms with Gasteiger partial charge in [0.25, 0.3) is 5.91 Å². The third kappa shape index (κ3) is 2.27. The number of rotatable bonds is 2. The zero-order valence-corrected chi connectivity index (χ0v) is 9.75. The minimum atomic E-state index is -0.0354. The summed E-state index contributed by atoms with van der Waals surface area (Å²) in [5.74, 6) is 1.16. The van der Waals surface area contributed by atoms with Crippen molar-refractivity contribution in [3.8, 4) is 0 Å². The van der Waals surface area contributed by atoms with Crippen molar-refractivity contribution in [2.45, 2.75) is 26.3 Å². The molecule has 0 radical (unpaired) electrons. The fraction of sp³-hybridized carbons (Fsp3) is 0.583. The third-order valence-corrected chi connectivity index (χ3v) is 3.25. The zero-order chi connectivity index (χ0) is 11.5. The van der Waals surface area contributed by atoms with Gasteiger partial charge in [-0.1, -0.05) is 6.92 Å². The van der Waals surface area contributed by atoms with E-state index in [1.54, 1.807) is 19.3 Å². The van der Waals surface area contributed by atoms with Crippen LogP contribution in [0.15, 0.2) is 16.7 Å². The average Bonchev–Trinajstić information content (AvgIpc) is 2.68. The fourth-order valence-corrected chi connectivity index (χ4v) is 2.05. The smallest absolute Gasteiger partial charge is 0.255 e. The molecule has 1 amide bonds. The minimum absolute atomic E-state index is 0.0354. The average molecular weight is 222 g/mol. The van der Waals surface area contributed by atoms with E-state index in [-0.39, 0.29) is 11.9 Å². The number of hydrogen-bond donors (Lipinski definition) is 2. The summed E-state index contributed by atoms with van der Waals surface area (Å²) in [4.78, 5) is 11.9. The Labute approximate surface area is 95.4 Å². The van der Waals surface area contributed by atoms with E-state index in [1.807, 2.05) is 0 Å². The number of furan rings is 1. The maximum atomic E-state index is 11.9. The molecule has 1 aromatic rings. The summed E-state index contributed by atoms with van der Waals surface area (Å²) in [6.45, 7) is 5.87. The molecule has 4 nitrogen and oxygen atoms in total. The highest BCUT2D eigenvalue weighted by molar-refractivity contribution is 5.95. The second-order valence-electron chi connectivity index (χ2n) is 4.44. The Morgan fingerprint density at radius 3 is 3.06 bits per heavy atom. The predicted octanol–water partition coefficient (Wildman–Crippen LogP) is 1.32. The molecular weight excluding hydrogens is 204 g/mol. The lowest BCUT2D eigenvalue weighted by Gasteiger charge is -2.30. The van der Waals surface area contributed by atoms with Crippen LogP contribution in [0.4, 0.5) is 0 Å². The van der Waals surface area contributed by atoms with Gasteiger partial charge in [0.05, 0.1) is 11.8 Å². The van der Waals surface area contributed by atoms with Gasteiger partial charge in [0.1, 0.15) is 5.76 Å². The van der Waals surface area contributed by atoms with E-state index in [9.17, 15) is 4.79 Å². The van der Waals surface area contributed by atoms with Crippen LogP contribution in [0.25, 0.3) is 0 Å². The Balaban J connectivity index is 1.99. The first-order valence-electron chi connectivity index (χ1n) is 5.74. The summed E-state index contributed by atoms with van der Waals surface area (Å²) < 4.78 is 5.13. The molecule has 0 saturated carbocycles. The number of hydrogen-bond acceptors (Lipinski definition) is 3. The molecule has 2 atom stereocenters. The Morgan fingerprint density at radius 2 is 2.44 bits per heavy atom. The van der Waals surface area contributed by atoms with E-state index in [2.05, 4.69) is 17.6 Å². The summed E-state index contributed by atoms with van der Waals surface area (Å²) in [6, 6.07) is 1.93. The maximum Gasteiger partial charge on any atom is 0.255 e. The van der Waals surface area contributed by atoms with Gasteiger partial charge in [-0.15, -0.1) is 0 Å². The summed E-state index contributed by atoms with van der Waals surface area (Å²) >= 11 is 0. The number of amides is 1. The minimum Gasteiger partial charge on any atom is -0.469 e. The van der Waals surface area contributed by atoms with Crippen LogP contribution in [0.3, 0.4) is 0 Å². The van der Waals surface area contributed by atoms with Crippen molar-refractivity contribution < 1.29 is 9.21 Å². The van der Waals surface area contributed by atoms with Gasteiger partial charge in [-0.25, -0.2) is 0 Å². The van der Waals surface area contributed by atoms with Gasteiger partial charge >= 0.3 is 0 Å². The van der Waals surface area contributed by atoms with Crippen molar-refractivity contribution in [3.63, 3.8) is 0 Å². The van der Waals surface area contributed by atoms with Crippen molar-refractivity contribution in [1.82, 2.24) is 10.6 Å². The standard InChI is InChI=1S/C12H18N2O2/c1-8-3-5-13-7-11(8)14-12(15)10-4-6-16-9(10)2/h4,6,8,11,13H,3,5,7H2,1-2H3,(H,14,15). The van der Waals surface area contributed by atoms with Crippen LogP contribution in [0.5, 0.6) is 0 Å². The first-order chi connectivity index (χ1) is 7.68.